The molecule has 1 aliphatic rings. The number of aromatic nitrogens is 2. The largest absolute Gasteiger partial charge is 0.353 e. The highest BCUT2D eigenvalue weighted by atomic mass is 15.2. The summed E-state index contributed by atoms with van der Waals surface area (Å²) in [5.41, 5.74) is 1.35. The van der Waals surface area contributed by atoms with Crippen LogP contribution in [0.4, 0.5) is 5.95 Å². The van der Waals surface area contributed by atoms with E-state index in [-0.39, 0.29) is 5.41 Å². The van der Waals surface area contributed by atoms with E-state index in [1.807, 2.05) is 0 Å². The summed E-state index contributed by atoms with van der Waals surface area (Å²) in [6.07, 6.45) is 8.86. The van der Waals surface area contributed by atoms with Crippen LogP contribution in [0.15, 0.2) is 6.20 Å². The van der Waals surface area contributed by atoms with Gasteiger partial charge >= 0.3 is 0 Å². The summed E-state index contributed by atoms with van der Waals surface area (Å²) in [5, 5.41) is 3.68. The molecule has 1 aromatic heterocycles. The van der Waals surface area contributed by atoms with Crippen LogP contribution in [0, 0.1) is 12.3 Å². The van der Waals surface area contributed by atoms with E-state index in [0.717, 1.165) is 11.6 Å². The van der Waals surface area contributed by atoms with Crippen LogP contribution in [-0.4, -0.2) is 15.6 Å². The Balaban J connectivity index is 2.15. The van der Waals surface area contributed by atoms with Gasteiger partial charge in [-0.05, 0) is 32.1 Å². The lowest BCUT2D eigenvalue weighted by atomic mass is 9.88. The number of hydrogen-bond donors (Lipinski definition) is 1. The van der Waals surface area contributed by atoms with Crippen LogP contribution in [-0.2, 0) is 0 Å². The minimum absolute atomic E-state index is 0.246. The lowest BCUT2D eigenvalue weighted by Crippen LogP contribution is -2.27. The Kier molecular flexibility index (Phi) is 4.22. The molecule has 0 spiro atoms. The summed E-state index contributed by atoms with van der Waals surface area (Å²) in [6.45, 7) is 11.2. The first-order valence-corrected chi connectivity index (χ1v) is 7.70. The Labute approximate surface area is 117 Å². The summed E-state index contributed by atoms with van der Waals surface area (Å²) in [4.78, 5) is 4.69. The van der Waals surface area contributed by atoms with Gasteiger partial charge in [-0.3, -0.25) is 0 Å². The van der Waals surface area contributed by atoms with Gasteiger partial charge in [0, 0.05) is 18.3 Å². The first-order valence-electron chi connectivity index (χ1n) is 7.70. The third-order valence-corrected chi connectivity index (χ3v) is 4.46. The molecule has 0 amide bonds. The summed E-state index contributed by atoms with van der Waals surface area (Å²) in [7, 11) is 0. The van der Waals surface area contributed by atoms with E-state index in [2.05, 4.69) is 50.7 Å². The summed E-state index contributed by atoms with van der Waals surface area (Å²) in [5.74, 6) is 1.06. The van der Waals surface area contributed by atoms with Crippen molar-refractivity contribution in [2.24, 2.45) is 5.41 Å². The Morgan fingerprint density at radius 1 is 1.26 bits per heavy atom. The number of hydrogen-bond acceptors (Lipinski definition) is 2. The maximum Gasteiger partial charge on any atom is 0.203 e. The van der Waals surface area contributed by atoms with Crippen LogP contribution in [0.25, 0.3) is 0 Å². The van der Waals surface area contributed by atoms with E-state index in [9.17, 15) is 0 Å². The Morgan fingerprint density at radius 2 is 1.89 bits per heavy atom. The second-order valence-electron chi connectivity index (χ2n) is 7.13. The van der Waals surface area contributed by atoms with Gasteiger partial charge in [-0.1, -0.05) is 40.0 Å². The normalized spacial score (nSPS) is 19.4. The zero-order valence-electron chi connectivity index (χ0n) is 13.2. The first-order chi connectivity index (χ1) is 8.88. The molecule has 0 saturated heterocycles. The number of rotatable bonds is 3. The molecule has 3 heteroatoms. The Hall–Kier alpha value is -0.990. The fourth-order valence-electron chi connectivity index (χ4n) is 2.76. The van der Waals surface area contributed by atoms with Crippen LogP contribution in [0.1, 0.15) is 71.5 Å². The van der Waals surface area contributed by atoms with Crippen molar-refractivity contribution in [2.75, 3.05) is 5.32 Å². The molecular formula is C16H29N3. The molecule has 1 aliphatic carbocycles. The molecule has 0 radical (unpaired) electrons. The fourth-order valence-corrected chi connectivity index (χ4v) is 2.76. The van der Waals surface area contributed by atoms with Crippen LogP contribution in [0.2, 0.25) is 0 Å². The van der Waals surface area contributed by atoms with Crippen LogP contribution in [0.5, 0.6) is 0 Å². The zero-order chi connectivity index (χ0) is 14.0. The lowest BCUT2D eigenvalue weighted by Gasteiger charge is -2.31. The molecule has 1 atom stereocenters. The fraction of sp³-hybridized carbons (Fsp3) is 0.812. The van der Waals surface area contributed by atoms with Crippen molar-refractivity contribution in [3.05, 3.63) is 11.9 Å². The van der Waals surface area contributed by atoms with E-state index in [0.29, 0.717) is 12.1 Å². The Morgan fingerprint density at radius 3 is 2.47 bits per heavy atom. The molecule has 1 heterocycles. The van der Waals surface area contributed by atoms with E-state index >= 15 is 0 Å². The van der Waals surface area contributed by atoms with Gasteiger partial charge in [0.2, 0.25) is 5.95 Å². The molecule has 1 unspecified atom stereocenters. The van der Waals surface area contributed by atoms with Crippen molar-refractivity contribution >= 4 is 5.95 Å². The van der Waals surface area contributed by atoms with Gasteiger partial charge in [0.1, 0.15) is 0 Å². The average molecular weight is 263 g/mol. The predicted molar refractivity (Wildman–Crippen MR) is 81.6 cm³/mol. The molecule has 1 saturated carbocycles. The van der Waals surface area contributed by atoms with Gasteiger partial charge in [-0.2, -0.15) is 0 Å². The molecule has 0 bridgehead atoms. The number of anilines is 1. The molecular weight excluding hydrogens is 234 g/mol. The second kappa shape index (κ2) is 5.56. The van der Waals surface area contributed by atoms with Crippen molar-refractivity contribution in [1.82, 2.24) is 9.55 Å². The smallest absolute Gasteiger partial charge is 0.203 e. The predicted octanol–water partition coefficient (Wildman–Crippen LogP) is 4.54. The lowest BCUT2D eigenvalue weighted by molar-refractivity contribution is 0.264. The molecule has 1 aromatic rings. The van der Waals surface area contributed by atoms with Crippen molar-refractivity contribution < 1.29 is 0 Å². The highest BCUT2D eigenvalue weighted by Crippen LogP contribution is 2.33. The third-order valence-electron chi connectivity index (χ3n) is 4.46. The highest BCUT2D eigenvalue weighted by molar-refractivity contribution is 5.31. The van der Waals surface area contributed by atoms with Gasteiger partial charge in [0.05, 0.1) is 5.69 Å². The van der Waals surface area contributed by atoms with E-state index in [1.54, 1.807) is 0 Å². The summed E-state index contributed by atoms with van der Waals surface area (Å²) >= 11 is 0. The standard InChI is InChI=1S/C16H29N3/c1-12-11-19(13(2)16(3,4)5)15(17-12)18-14-9-7-6-8-10-14/h11,13-14H,6-10H2,1-5H3,(H,17,18). The van der Waals surface area contributed by atoms with Gasteiger partial charge in [-0.15, -0.1) is 0 Å². The van der Waals surface area contributed by atoms with Crippen molar-refractivity contribution in [2.45, 2.75) is 78.8 Å². The minimum atomic E-state index is 0.246. The van der Waals surface area contributed by atoms with Crippen LogP contribution < -0.4 is 5.32 Å². The van der Waals surface area contributed by atoms with Crippen molar-refractivity contribution in [3.63, 3.8) is 0 Å². The minimum Gasteiger partial charge on any atom is -0.353 e. The van der Waals surface area contributed by atoms with E-state index < -0.39 is 0 Å². The molecule has 1 fully saturated rings. The maximum atomic E-state index is 4.69. The summed E-state index contributed by atoms with van der Waals surface area (Å²) < 4.78 is 2.32. The quantitative estimate of drug-likeness (QED) is 0.867. The SMILES string of the molecule is Cc1cn(C(C)C(C)(C)C)c(NC2CCCCC2)n1. The average Bonchev–Trinajstić information content (AvgIpc) is 2.69. The van der Waals surface area contributed by atoms with Crippen molar-refractivity contribution in [3.8, 4) is 0 Å². The van der Waals surface area contributed by atoms with Crippen LogP contribution in [0.3, 0.4) is 0 Å². The van der Waals surface area contributed by atoms with Gasteiger partial charge < -0.3 is 9.88 Å². The van der Waals surface area contributed by atoms with E-state index in [4.69, 9.17) is 4.98 Å². The molecule has 0 aliphatic heterocycles. The number of nitrogens with one attached hydrogen (secondary N) is 1. The first kappa shape index (κ1) is 14.4. The van der Waals surface area contributed by atoms with Crippen LogP contribution >= 0.6 is 0 Å². The van der Waals surface area contributed by atoms with Gasteiger partial charge in [0.25, 0.3) is 0 Å². The number of aryl methyl sites for hydroxylation is 1. The Bertz CT molecular complexity index is 408. The molecule has 108 valence electrons. The van der Waals surface area contributed by atoms with Crippen molar-refractivity contribution in [1.29, 1.82) is 0 Å². The molecule has 1 N–H and O–H groups in total. The highest BCUT2D eigenvalue weighted by Gasteiger charge is 2.25. The van der Waals surface area contributed by atoms with Gasteiger partial charge in [0.15, 0.2) is 0 Å². The monoisotopic (exact) mass is 263 g/mol. The summed E-state index contributed by atoms with van der Waals surface area (Å²) in [6, 6.07) is 1.06. The third kappa shape index (κ3) is 3.52. The van der Waals surface area contributed by atoms with Gasteiger partial charge in [-0.25, -0.2) is 4.98 Å². The second-order valence-corrected chi connectivity index (χ2v) is 7.13. The molecule has 19 heavy (non-hydrogen) atoms. The molecule has 3 nitrogen and oxygen atoms in total. The number of nitrogens with zero attached hydrogens (tertiary/aromatic N) is 2. The number of imidazole rings is 1. The van der Waals surface area contributed by atoms with E-state index in [1.165, 1.54) is 32.1 Å². The molecule has 2 rings (SSSR count). The maximum absolute atomic E-state index is 4.69. The zero-order valence-corrected chi connectivity index (χ0v) is 13.2. The topological polar surface area (TPSA) is 29.9 Å². The molecule has 0 aromatic carbocycles.